The predicted octanol–water partition coefficient (Wildman–Crippen LogP) is 5.32. The van der Waals surface area contributed by atoms with Crippen molar-refractivity contribution in [2.24, 2.45) is 0 Å². The molecule has 0 N–H and O–H groups in total. The topological polar surface area (TPSA) is 64.5 Å². The number of benzene rings is 2. The molecule has 4 rings (SSSR count). The van der Waals surface area contributed by atoms with Crippen molar-refractivity contribution in [1.82, 2.24) is 9.97 Å². The Kier molecular flexibility index (Phi) is 5.96. The first-order chi connectivity index (χ1) is 14.6. The van der Waals surface area contributed by atoms with Crippen LogP contribution in [0.2, 0.25) is 0 Å². The van der Waals surface area contributed by atoms with Gasteiger partial charge in [-0.25, -0.2) is 4.98 Å². The fraction of sp³-hybridized carbons (Fsp3) is 0.136. The minimum Gasteiger partial charge on any atom is -0.493 e. The summed E-state index contributed by atoms with van der Waals surface area (Å²) in [5, 5.41) is 0.599. The summed E-state index contributed by atoms with van der Waals surface area (Å²) in [6.07, 6.45) is 3.45. The van der Waals surface area contributed by atoms with E-state index in [0.717, 1.165) is 20.3 Å². The third-order valence-electron chi connectivity index (χ3n) is 4.51. The third-order valence-corrected chi connectivity index (χ3v) is 6.05. The second-order valence-corrected chi connectivity index (χ2v) is 8.33. The first-order valence-corrected chi connectivity index (χ1v) is 10.7. The van der Waals surface area contributed by atoms with Crippen molar-refractivity contribution in [2.45, 2.75) is 6.54 Å². The molecule has 2 aromatic heterocycles. The minimum atomic E-state index is -0.229. The van der Waals surface area contributed by atoms with E-state index >= 15 is 0 Å². The van der Waals surface area contributed by atoms with Gasteiger partial charge in [0, 0.05) is 16.9 Å². The maximum Gasteiger partial charge on any atom is 0.264 e. The third kappa shape index (κ3) is 4.01. The van der Waals surface area contributed by atoms with Crippen molar-refractivity contribution >= 4 is 48.5 Å². The Morgan fingerprint density at radius 3 is 2.73 bits per heavy atom. The molecule has 8 heteroatoms. The highest BCUT2D eigenvalue weighted by Gasteiger charge is 2.26. The Bertz CT molecular complexity index is 1200. The van der Waals surface area contributed by atoms with Crippen molar-refractivity contribution in [3.05, 3.63) is 76.5 Å². The van der Waals surface area contributed by atoms with Gasteiger partial charge < -0.3 is 9.47 Å². The number of thiazole rings is 1. The number of carbonyl (C=O) groups is 1. The van der Waals surface area contributed by atoms with Crippen LogP contribution in [-0.4, -0.2) is 30.1 Å². The fourth-order valence-electron chi connectivity index (χ4n) is 3.10. The van der Waals surface area contributed by atoms with Gasteiger partial charge in [0.1, 0.15) is 0 Å². The molecule has 0 saturated carbocycles. The number of nitrogens with zero attached hydrogens (tertiary/aromatic N) is 3. The quantitative estimate of drug-likeness (QED) is 0.371. The van der Waals surface area contributed by atoms with Crippen LogP contribution in [0.3, 0.4) is 0 Å². The van der Waals surface area contributed by atoms with Crippen molar-refractivity contribution < 1.29 is 14.3 Å². The standard InChI is InChI=1S/C22H18BrN3O3S/c1-28-18-7-3-6-16(20(18)29-2)21(27)26(13-14-5-4-10-24-12-14)22-25-17-9-8-15(23)11-19(17)30-22/h3-12H,13H2,1-2H3. The van der Waals surface area contributed by atoms with Crippen molar-refractivity contribution in [2.75, 3.05) is 19.1 Å². The number of pyridine rings is 1. The molecule has 0 radical (unpaired) electrons. The number of ether oxygens (including phenoxy) is 2. The van der Waals surface area contributed by atoms with E-state index in [4.69, 9.17) is 14.5 Å². The molecule has 0 spiro atoms. The molecule has 0 fully saturated rings. The van der Waals surface area contributed by atoms with Gasteiger partial charge in [-0.05, 0) is 42.0 Å². The molecule has 6 nitrogen and oxygen atoms in total. The molecule has 1 amide bonds. The summed E-state index contributed by atoms with van der Waals surface area (Å²) in [4.78, 5) is 24.2. The molecule has 152 valence electrons. The molecule has 2 heterocycles. The number of hydrogen-bond donors (Lipinski definition) is 0. The van der Waals surface area contributed by atoms with E-state index in [-0.39, 0.29) is 5.91 Å². The molecule has 4 aromatic rings. The first kappa shape index (κ1) is 20.3. The normalized spacial score (nSPS) is 10.8. The largest absolute Gasteiger partial charge is 0.493 e. The number of para-hydroxylation sites is 1. The Labute approximate surface area is 186 Å². The van der Waals surface area contributed by atoms with E-state index in [1.807, 2.05) is 30.3 Å². The zero-order chi connectivity index (χ0) is 21.1. The van der Waals surface area contributed by atoms with E-state index in [2.05, 4.69) is 20.9 Å². The lowest BCUT2D eigenvalue weighted by molar-refractivity contribution is 0.0981. The zero-order valence-electron chi connectivity index (χ0n) is 16.3. The summed E-state index contributed by atoms with van der Waals surface area (Å²) in [6, 6.07) is 14.9. The van der Waals surface area contributed by atoms with Crippen LogP contribution in [0.4, 0.5) is 5.13 Å². The number of amides is 1. The van der Waals surface area contributed by atoms with Gasteiger partial charge in [-0.1, -0.05) is 39.4 Å². The van der Waals surface area contributed by atoms with Crippen molar-refractivity contribution in [1.29, 1.82) is 0 Å². The SMILES string of the molecule is COc1cccc(C(=O)N(Cc2cccnc2)c2nc3ccc(Br)cc3s2)c1OC. The highest BCUT2D eigenvalue weighted by atomic mass is 79.9. The number of anilines is 1. The van der Waals surface area contributed by atoms with Gasteiger partial charge >= 0.3 is 0 Å². The second-order valence-electron chi connectivity index (χ2n) is 6.40. The molecule has 0 aliphatic heterocycles. The maximum atomic E-state index is 13.7. The number of methoxy groups -OCH3 is 2. The van der Waals surface area contributed by atoms with E-state index in [0.29, 0.717) is 28.7 Å². The highest BCUT2D eigenvalue weighted by Crippen LogP contribution is 2.36. The van der Waals surface area contributed by atoms with Crippen molar-refractivity contribution in [3.63, 3.8) is 0 Å². The summed E-state index contributed by atoms with van der Waals surface area (Å²) in [7, 11) is 3.07. The summed E-state index contributed by atoms with van der Waals surface area (Å²) in [5.41, 5.74) is 2.13. The molecule has 0 unspecified atom stereocenters. The summed E-state index contributed by atoms with van der Waals surface area (Å²) in [5.74, 6) is 0.663. The monoisotopic (exact) mass is 483 g/mol. The summed E-state index contributed by atoms with van der Waals surface area (Å²) >= 11 is 4.95. The molecule has 30 heavy (non-hydrogen) atoms. The lowest BCUT2D eigenvalue weighted by Gasteiger charge is -2.21. The van der Waals surface area contributed by atoms with E-state index in [1.54, 1.807) is 42.6 Å². The van der Waals surface area contributed by atoms with Gasteiger partial charge in [0.15, 0.2) is 16.6 Å². The predicted molar refractivity (Wildman–Crippen MR) is 122 cm³/mol. The number of fused-ring (bicyclic) bond motifs is 1. The maximum absolute atomic E-state index is 13.7. The zero-order valence-corrected chi connectivity index (χ0v) is 18.7. The number of aromatic nitrogens is 2. The molecule has 0 aliphatic rings. The lowest BCUT2D eigenvalue weighted by atomic mass is 10.1. The Morgan fingerprint density at radius 1 is 1.13 bits per heavy atom. The average molecular weight is 484 g/mol. The molecular formula is C22H18BrN3O3S. The lowest BCUT2D eigenvalue weighted by Crippen LogP contribution is -2.30. The van der Waals surface area contributed by atoms with Gasteiger partial charge in [0.25, 0.3) is 5.91 Å². The fourth-order valence-corrected chi connectivity index (χ4v) is 4.62. The molecule has 0 saturated heterocycles. The van der Waals surface area contributed by atoms with Crippen LogP contribution < -0.4 is 14.4 Å². The van der Waals surface area contributed by atoms with Crippen LogP contribution in [-0.2, 0) is 6.54 Å². The Morgan fingerprint density at radius 2 is 2.00 bits per heavy atom. The summed E-state index contributed by atoms with van der Waals surface area (Å²) in [6.45, 7) is 0.327. The summed E-state index contributed by atoms with van der Waals surface area (Å²) < 4.78 is 12.8. The number of carbonyl (C=O) groups excluding carboxylic acids is 1. The number of halogens is 1. The molecule has 2 aromatic carbocycles. The van der Waals surface area contributed by atoms with Gasteiger partial charge in [-0.2, -0.15) is 0 Å². The van der Waals surface area contributed by atoms with E-state index in [1.165, 1.54) is 18.4 Å². The number of rotatable bonds is 6. The second kappa shape index (κ2) is 8.81. The van der Waals surface area contributed by atoms with Crippen LogP contribution in [0, 0.1) is 0 Å². The molecule has 0 atom stereocenters. The van der Waals surface area contributed by atoms with Crippen molar-refractivity contribution in [3.8, 4) is 11.5 Å². The smallest absolute Gasteiger partial charge is 0.264 e. The van der Waals surface area contributed by atoms with Gasteiger partial charge in [0.2, 0.25) is 0 Å². The van der Waals surface area contributed by atoms with E-state index in [9.17, 15) is 4.79 Å². The first-order valence-electron chi connectivity index (χ1n) is 9.08. The van der Waals surface area contributed by atoms with Gasteiger partial charge in [0.05, 0.1) is 36.5 Å². The molecular weight excluding hydrogens is 466 g/mol. The highest BCUT2D eigenvalue weighted by molar-refractivity contribution is 9.10. The number of hydrogen-bond acceptors (Lipinski definition) is 6. The molecule has 0 aliphatic carbocycles. The molecule has 0 bridgehead atoms. The van der Waals surface area contributed by atoms with Crippen LogP contribution in [0.1, 0.15) is 15.9 Å². The average Bonchev–Trinajstić information content (AvgIpc) is 3.19. The van der Waals surface area contributed by atoms with Crippen LogP contribution in [0.5, 0.6) is 11.5 Å². The Hall–Kier alpha value is -2.97. The van der Waals surface area contributed by atoms with Crippen LogP contribution in [0.25, 0.3) is 10.2 Å². The van der Waals surface area contributed by atoms with Crippen LogP contribution in [0.15, 0.2) is 65.4 Å². The van der Waals surface area contributed by atoms with Gasteiger partial charge in [-0.15, -0.1) is 0 Å². The van der Waals surface area contributed by atoms with Crippen LogP contribution >= 0.6 is 27.3 Å². The van der Waals surface area contributed by atoms with Gasteiger partial charge in [-0.3, -0.25) is 14.7 Å². The Balaban J connectivity index is 1.81. The van der Waals surface area contributed by atoms with E-state index < -0.39 is 0 Å². The minimum absolute atomic E-state index is 0.229.